The van der Waals surface area contributed by atoms with Crippen LogP contribution in [0.15, 0.2) is 18.2 Å². The average Bonchev–Trinajstić information content (AvgIpc) is 2.33. The maximum Gasteiger partial charge on any atom is 0.311 e. The molecule has 0 bridgehead atoms. The van der Waals surface area contributed by atoms with E-state index in [-0.39, 0.29) is 5.97 Å². The second kappa shape index (κ2) is 7.91. The molecule has 0 aliphatic carbocycles. The number of carbonyl (C=O) groups excluding carboxylic acids is 1. The summed E-state index contributed by atoms with van der Waals surface area (Å²) in [5.74, 6) is 0.591. The van der Waals surface area contributed by atoms with Gasteiger partial charge in [-0.1, -0.05) is 44.7 Å². The van der Waals surface area contributed by atoms with E-state index in [1.54, 1.807) is 0 Å². The Balaban J connectivity index is 2.33. The lowest BCUT2D eigenvalue weighted by molar-refractivity contribution is -0.134. The Morgan fingerprint density at radius 1 is 1.11 bits per heavy atom. The van der Waals surface area contributed by atoms with E-state index in [0.717, 1.165) is 24.0 Å². The summed E-state index contributed by atoms with van der Waals surface area (Å²) in [7, 11) is 0. The van der Waals surface area contributed by atoms with Crippen molar-refractivity contribution in [1.82, 2.24) is 0 Å². The fourth-order valence-corrected chi connectivity index (χ4v) is 1.86. The van der Waals surface area contributed by atoms with E-state index < -0.39 is 0 Å². The third-order valence-corrected chi connectivity index (χ3v) is 3.05. The zero-order valence-corrected chi connectivity index (χ0v) is 11.8. The first kappa shape index (κ1) is 14.7. The van der Waals surface area contributed by atoms with Gasteiger partial charge in [-0.25, -0.2) is 0 Å². The zero-order valence-electron chi connectivity index (χ0n) is 11.8. The van der Waals surface area contributed by atoms with Gasteiger partial charge in [-0.3, -0.25) is 4.79 Å². The van der Waals surface area contributed by atoms with Crippen LogP contribution >= 0.6 is 0 Å². The van der Waals surface area contributed by atoms with Gasteiger partial charge in [-0.2, -0.15) is 0 Å². The molecule has 0 saturated carbocycles. The van der Waals surface area contributed by atoms with Gasteiger partial charge in [-0.05, 0) is 37.5 Å². The molecule has 0 aliphatic rings. The Morgan fingerprint density at radius 3 is 2.56 bits per heavy atom. The predicted octanol–water partition coefficient (Wildman–Crippen LogP) is 4.57. The molecule has 0 saturated heterocycles. The maximum absolute atomic E-state index is 11.7. The number of carbonyl (C=O) groups is 1. The number of rotatable bonds is 7. The molecule has 0 radical (unpaired) electrons. The van der Waals surface area contributed by atoms with E-state index in [1.807, 2.05) is 32.0 Å². The van der Waals surface area contributed by atoms with Gasteiger partial charge < -0.3 is 4.74 Å². The van der Waals surface area contributed by atoms with Crippen LogP contribution in [0.25, 0.3) is 0 Å². The standard InChI is InChI=1S/C16H24O2/c1-4-5-6-7-8-9-16(17)18-15-12-13(2)10-11-14(15)3/h10-12H,4-9H2,1-3H3. The Bertz CT molecular complexity index is 383. The highest BCUT2D eigenvalue weighted by Gasteiger charge is 2.07. The summed E-state index contributed by atoms with van der Waals surface area (Å²) in [5.41, 5.74) is 2.13. The molecule has 0 N–H and O–H groups in total. The van der Waals surface area contributed by atoms with Crippen LogP contribution in [0.4, 0.5) is 0 Å². The number of aryl methyl sites for hydroxylation is 2. The molecule has 0 unspecified atom stereocenters. The fourth-order valence-electron chi connectivity index (χ4n) is 1.86. The zero-order chi connectivity index (χ0) is 13.4. The molecule has 1 aromatic carbocycles. The van der Waals surface area contributed by atoms with Crippen molar-refractivity contribution in [2.24, 2.45) is 0 Å². The average molecular weight is 248 g/mol. The van der Waals surface area contributed by atoms with Gasteiger partial charge in [0.05, 0.1) is 0 Å². The van der Waals surface area contributed by atoms with Gasteiger partial charge in [0.1, 0.15) is 5.75 Å². The molecule has 0 aromatic heterocycles. The third-order valence-electron chi connectivity index (χ3n) is 3.05. The molecule has 1 aromatic rings. The third kappa shape index (κ3) is 5.35. The van der Waals surface area contributed by atoms with Gasteiger partial charge in [0, 0.05) is 6.42 Å². The van der Waals surface area contributed by atoms with Gasteiger partial charge in [0.2, 0.25) is 0 Å². The Morgan fingerprint density at radius 2 is 1.83 bits per heavy atom. The largest absolute Gasteiger partial charge is 0.426 e. The molecule has 0 fully saturated rings. The summed E-state index contributed by atoms with van der Waals surface area (Å²) in [6.45, 7) is 6.15. The number of ether oxygens (including phenoxy) is 1. The Labute approximate surface area is 110 Å². The molecule has 0 aliphatic heterocycles. The van der Waals surface area contributed by atoms with Crippen LogP contribution in [0, 0.1) is 13.8 Å². The summed E-state index contributed by atoms with van der Waals surface area (Å²) in [6.07, 6.45) is 6.28. The van der Waals surface area contributed by atoms with Crippen LogP contribution in [-0.2, 0) is 4.79 Å². The Kier molecular flexibility index (Phi) is 6.48. The van der Waals surface area contributed by atoms with Gasteiger partial charge in [-0.15, -0.1) is 0 Å². The first-order valence-corrected chi connectivity index (χ1v) is 6.91. The van der Waals surface area contributed by atoms with Crippen molar-refractivity contribution in [1.29, 1.82) is 0 Å². The minimum Gasteiger partial charge on any atom is -0.426 e. The summed E-state index contributed by atoms with van der Waals surface area (Å²) >= 11 is 0. The second-order valence-electron chi connectivity index (χ2n) is 4.91. The van der Waals surface area contributed by atoms with Crippen molar-refractivity contribution in [3.8, 4) is 5.75 Å². The summed E-state index contributed by atoms with van der Waals surface area (Å²) in [5, 5.41) is 0. The van der Waals surface area contributed by atoms with Crippen LogP contribution < -0.4 is 4.74 Å². The lowest BCUT2D eigenvalue weighted by atomic mass is 10.1. The molecule has 2 nitrogen and oxygen atoms in total. The maximum atomic E-state index is 11.7. The lowest BCUT2D eigenvalue weighted by Crippen LogP contribution is -2.08. The van der Waals surface area contributed by atoms with Crippen molar-refractivity contribution < 1.29 is 9.53 Å². The normalized spacial score (nSPS) is 10.4. The quantitative estimate of drug-likeness (QED) is 0.401. The van der Waals surface area contributed by atoms with Crippen molar-refractivity contribution in [3.05, 3.63) is 29.3 Å². The van der Waals surface area contributed by atoms with Crippen LogP contribution in [-0.4, -0.2) is 5.97 Å². The molecule has 1 rings (SSSR count). The molecule has 0 heterocycles. The predicted molar refractivity (Wildman–Crippen MR) is 74.9 cm³/mol. The topological polar surface area (TPSA) is 26.3 Å². The van der Waals surface area contributed by atoms with Crippen LogP contribution in [0.1, 0.15) is 56.6 Å². The summed E-state index contributed by atoms with van der Waals surface area (Å²) < 4.78 is 5.39. The molecular formula is C16H24O2. The van der Waals surface area contributed by atoms with Crippen molar-refractivity contribution in [3.63, 3.8) is 0 Å². The van der Waals surface area contributed by atoms with Crippen LogP contribution in [0.5, 0.6) is 5.75 Å². The van der Waals surface area contributed by atoms with Crippen molar-refractivity contribution >= 4 is 5.97 Å². The molecule has 0 amide bonds. The molecule has 18 heavy (non-hydrogen) atoms. The number of esters is 1. The first-order chi connectivity index (χ1) is 8.63. The fraction of sp³-hybridized carbons (Fsp3) is 0.562. The van der Waals surface area contributed by atoms with E-state index in [2.05, 4.69) is 6.92 Å². The Hall–Kier alpha value is -1.31. The molecule has 0 atom stereocenters. The van der Waals surface area contributed by atoms with E-state index in [9.17, 15) is 4.79 Å². The van der Waals surface area contributed by atoms with Gasteiger partial charge >= 0.3 is 5.97 Å². The SMILES string of the molecule is CCCCCCCC(=O)Oc1cc(C)ccc1C. The second-order valence-corrected chi connectivity index (χ2v) is 4.91. The smallest absolute Gasteiger partial charge is 0.311 e. The molecule has 100 valence electrons. The van der Waals surface area contributed by atoms with Crippen molar-refractivity contribution in [2.75, 3.05) is 0 Å². The molecule has 2 heteroatoms. The van der Waals surface area contributed by atoms with E-state index in [1.165, 1.54) is 19.3 Å². The summed E-state index contributed by atoms with van der Waals surface area (Å²) in [4.78, 5) is 11.7. The monoisotopic (exact) mass is 248 g/mol. The van der Waals surface area contributed by atoms with E-state index in [4.69, 9.17) is 4.74 Å². The first-order valence-electron chi connectivity index (χ1n) is 6.91. The minimum atomic E-state index is -0.111. The highest BCUT2D eigenvalue weighted by atomic mass is 16.5. The summed E-state index contributed by atoms with van der Waals surface area (Å²) in [6, 6.07) is 5.93. The van der Waals surface area contributed by atoms with Gasteiger partial charge in [0.25, 0.3) is 0 Å². The number of hydrogen-bond acceptors (Lipinski definition) is 2. The van der Waals surface area contributed by atoms with Crippen LogP contribution in [0.3, 0.4) is 0 Å². The molecule has 0 spiro atoms. The molecular weight excluding hydrogens is 224 g/mol. The highest BCUT2D eigenvalue weighted by molar-refractivity contribution is 5.72. The van der Waals surface area contributed by atoms with Crippen LogP contribution in [0.2, 0.25) is 0 Å². The lowest BCUT2D eigenvalue weighted by Gasteiger charge is -2.08. The number of unbranched alkanes of at least 4 members (excludes halogenated alkanes) is 4. The number of benzene rings is 1. The number of hydrogen-bond donors (Lipinski definition) is 0. The minimum absolute atomic E-state index is 0.111. The van der Waals surface area contributed by atoms with E-state index in [0.29, 0.717) is 12.2 Å². The van der Waals surface area contributed by atoms with Crippen molar-refractivity contribution in [2.45, 2.75) is 59.3 Å². The highest BCUT2D eigenvalue weighted by Crippen LogP contribution is 2.20. The van der Waals surface area contributed by atoms with E-state index >= 15 is 0 Å². The van der Waals surface area contributed by atoms with Gasteiger partial charge in [0.15, 0.2) is 0 Å².